The summed E-state index contributed by atoms with van der Waals surface area (Å²) in [5, 5.41) is 1.51. The van der Waals surface area contributed by atoms with Crippen LogP contribution < -0.4 is 40.5 Å². The van der Waals surface area contributed by atoms with Gasteiger partial charge in [0.05, 0.1) is 44.3 Å². The molecule has 4 aromatic rings. The number of rotatable bonds is 6. The molecule has 0 N–H and O–H groups in total. The van der Waals surface area contributed by atoms with Crippen LogP contribution in [-0.2, 0) is 30.4 Å². The third kappa shape index (κ3) is 5.52. The van der Waals surface area contributed by atoms with Crippen molar-refractivity contribution in [3.63, 3.8) is 0 Å². The summed E-state index contributed by atoms with van der Waals surface area (Å²) >= 11 is 0. The summed E-state index contributed by atoms with van der Waals surface area (Å²) in [6.45, 7) is 0.698. The molecule has 0 aliphatic carbocycles. The number of halogens is 4. The van der Waals surface area contributed by atoms with Gasteiger partial charge in [0.25, 0.3) is 0 Å². The minimum absolute atomic E-state index is 0. The number of pyridine rings is 1. The second-order valence-electron chi connectivity index (χ2n) is 8.91. The molecule has 5 rings (SSSR count). The molecule has 39 heavy (non-hydrogen) atoms. The summed E-state index contributed by atoms with van der Waals surface area (Å²) in [6.07, 6.45) is -1.94. The number of ether oxygens (including phenoxy) is 4. The lowest BCUT2D eigenvalue weighted by atomic mass is 9.95. The largest absolute Gasteiger partial charge is 1.00 e. The number of methoxy groups -OCH3 is 3. The summed E-state index contributed by atoms with van der Waals surface area (Å²) in [6, 6.07) is 14.0. The molecule has 1 aliphatic heterocycles. The van der Waals surface area contributed by atoms with E-state index in [0.717, 1.165) is 40.8 Å². The van der Waals surface area contributed by atoms with Gasteiger partial charge in [0.2, 0.25) is 5.69 Å². The first-order valence-electron chi connectivity index (χ1n) is 11.9. The monoisotopic (exact) mass is 603 g/mol. The first-order chi connectivity index (χ1) is 18.2. The highest BCUT2D eigenvalue weighted by molar-refractivity contribution is 5.94. The Morgan fingerprint density at radius 3 is 2.21 bits per heavy atom. The predicted molar refractivity (Wildman–Crippen MR) is 134 cm³/mol. The van der Waals surface area contributed by atoms with Gasteiger partial charge in [0.1, 0.15) is 0 Å². The summed E-state index contributed by atoms with van der Waals surface area (Å²) in [5.74, 6) is 1.33. The van der Waals surface area contributed by atoms with Crippen molar-refractivity contribution in [3.05, 3.63) is 77.5 Å². The molecule has 1 aliphatic rings. The average molecular weight is 604 g/mol. The molecule has 1 aromatic heterocycles. The van der Waals surface area contributed by atoms with Gasteiger partial charge in [-0.05, 0) is 52.9 Å². The Labute approximate surface area is 233 Å². The number of carbonyl (C=O) groups is 1. The van der Waals surface area contributed by atoms with E-state index in [1.165, 1.54) is 19.2 Å². The molecule has 2 heterocycles. The van der Waals surface area contributed by atoms with Crippen LogP contribution in [0.5, 0.6) is 23.0 Å². The first-order valence-corrected chi connectivity index (χ1v) is 11.9. The fourth-order valence-electron chi connectivity index (χ4n) is 4.73. The number of benzene rings is 3. The fraction of sp³-hybridized carbons (Fsp3) is 0.241. The fourth-order valence-corrected chi connectivity index (χ4v) is 4.73. The molecule has 0 unspecified atom stereocenters. The van der Waals surface area contributed by atoms with Crippen LogP contribution in [0.15, 0.2) is 60.8 Å². The molecule has 0 saturated heterocycles. The number of hydrogen-bond donors (Lipinski definition) is 0. The van der Waals surface area contributed by atoms with Gasteiger partial charge < -0.3 is 35.9 Å². The van der Waals surface area contributed by atoms with E-state index in [1.807, 2.05) is 30.5 Å². The summed E-state index contributed by atoms with van der Waals surface area (Å²) in [7, 11) is 4.69. The Morgan fingerprint density at radius 1 is 0.897 bits per heavy atom. The third-order valence-corrected chi connectivity index (χ3v) is 6.65. The standard InChI is InChI=1S/C29H25F3NO5.BrH/c1-35-24-9-6-18-13-23-21-15-26(37-3)25(36-2)14-19(21)10-11-33(23)16-22(18)28(24)38-27(34)12-17-4-7-20(8-5-17)29(30,31)32;/h4-9,13-16H,10-12H2,1-3H3;1H/q+1;/p-1. The van der Waals surface area contributed by atoms with Crippen molar-refractivity contribution in [2.75, 3.05) is 21.3 Å². The number of alkyl halides is 3. The molecule has 6 nitrogen and oxygen atoms in total. The van der Waals surface area contributed by atoms with Gasteiger partial charge >= 0.3 is 12.1 Å². The summed E-state index contributed by atoms with van der Waals surface area (Å²) in [5.41, 5.74) is 2.78. The molecular formula is C29H25BrF3NO5. The van der Waals surface area contributed by atoms with Gasteiger partial charge in [-0.1, -0.05) is 12.1 Å². The van der Waals surface area contributed by atoms with E-state index in [1.54, 1.807) is 20.3 Å². The Morgan fingerprint density at radius 2 is 1.56 bits per heavy atom. The van der Waals surface area contributed by atoms with Crippen LogP contribution in [0.1, 0.15) is 16.7 Å². The zero-order valence-electron chi connectivity index (χ0n) is 21.4. The van der Waals surface area contributed by atoms with E-state index < -0.39 is 17.7 Å². The Kier molecular flexibility index (Phi) is 8.06. The smallest absolute Gasteiger partial charge is 0.416 e. The Bertz CT molecular complexity index is 1540. The number of nitrogens with zero attached hydrogens (tertiary/aromatic N) is 1. The molecule has 204 valence electrons. The van der Waals surface area contributed by atoms with Crippen LogP contribution >= 0.6 is 0 Å². The number of esters is 1. The number of carbonyl (C=O) groups excluding carboxylic acids is 1. The van der Waals surface area contributed by atoms with E-state index >= 15 is 0 Å². The highest BCUT2D eigenvalue weighted by Crippen LogP contribution is 2.40. The van der Waals surface area contributed by atoms with Gasteiger partial charge in [-0.3, -0.25) is 4.79 Å². The lowest BCUT2D eigenvalue weighted by molar-refractivity contribution is -0.686. The van der Waals surface area contributed by atoms with Gasteiger partial charge in [-0.25, -0.2) is 0 Å². The molecule has 3 aromatic carbocycles. The number of aromatic nitrogens is 1. The van der Waals surface area contributed by atoms with Crippen LogP contribution in [0.25, 0.3) is 22.0 Å². The second-order valence-corrected chi connectivity index (χ2v) is 8.91. The van der Waals surface area contributed by atoms with E-state index in [-0.39, 0.29) is 29.2 Å². The minimum Gasteiger partial charge on any atom is -1.00 e. The highest BCUT2D eigenvalue weighted by atomic mass is 79.9. The van der Waals surface area contributed by atoms with Crippen LogP contribution in [0.3, 0.4) is 0 Å². The van der Waals surface area contributed by atoms with Crippen LogP contribution in [0.4, 0.5) is 13.2 Å². The highest BCUT2D eigenvalue weighted by Gasteiger charge is 2.30. The third-order valence-electron chi connectivity index (χ3n) is 6.65. The van der Waals surface area contributed by atoms with Crippen molar-refractivity contribution in [3.8, 4) is 34.3 Å². The van der Waals surface area contributed by atoms with Gasteiger partial charge in [0.15, 0.2) is 35.7 Å². The lowest BCUT2D eigenvalue weighted by Crippen LogP contribution is -3.00. The molecule has 0 fully saturated rings. The summed E-state index contributed by atoms with van der Waals surface area (Å²) < 4.78 is 62.8. The van der Waals surface area contributed by atoms with Crippen LogP contribution in [0, 0.1) is 0 Å². The van der Waals surface area contributed by atoms with Crippen molar-refractivity contribution in [2.45, 2.75) is 25.6 Å². The number of fused-ring (bicyclic) bond motifs is 4. The van der Waals surface area contributed by atoms with Crippen LogP contribution in [-0.4, -0.2) is 27.3 Å². The van der Waals surface area contributed by atoms with Crippen LogP contribution in [0.2, 0.25) is 0 Å². The quantitative estimate of drug-likeness (QED) is 0.193. The second kappa shape index (κ2) is 11.1. The normalized spacial score (nSPS) is 12.2. The molecule has 0 amide bonds. The maximum absolute atomic E-state index is 12.9. The number of aryl methyl sites for hydroxylation is 2. The Balaban J connectivity index is 0.00000353. The molecular weight excluding hydrogens is 579 g/mol. The average Bonchev–Trinajstić information content (AvgIpc) is 2.91. The SMILES string of the molecule is COc1cc2c(cc1OC)-c1cc3ccc(OC)c(OC(=O)Cc4ccc(C(F)(F)F)cc4)c3c[n+]1CC2.[Br-]. The first kappa shape index (κ1) is 28.2. The molecule has 0 radical (unpaired) electrons. The molecule has 0 spiro atoms. The van der Waals surface area contributed by atoms with Crippen molar-refractivity contribution in [1.29, 1.82) is 0 Å². The lowest BCUT2D eigenvalue weighted by Gasteiger charge is -2.19. The number of hydrogen-bond acceptors (Lipinski definition) is 5. The van der Waals surface area contributed by atoms with Crippen molar-refractivity contribution < 1.29 is 58.5 Å². The van der Waals surface area contributed by atoms with Gasteiger partial charge in [0, 0.05) is 12.5 Å². The van der Waals surface area contributed by atoms with E-state index in [9.17, 15) is 18.0 Å². The predicted octanol–water partition coefficient (Wildman–Crippen LogP) is 2.55. The van der Waals surface area contributed by atoms with Gasteiger partial charge in [-0.2, -0.15) is 17.7 Å². The summed E-state index contributed by atoms with van der Waals surface area (Å²) in [4.78, 5) is 12.8. The maximum Gasteiger partial charge on any atom is 0.416 e. The van der Waals surface area contributed by atoms with Crippen molar-refractivity contribution >= 4 is 16.7 Å². The molecule has 0 bridgehead atoms. The van der Waals surface area contributed by atoms with E-state index in [4.69, 9.17) is 18.9 Å². The molecule has 0 saturated carbocycles. The van der Waals surface area contributed by atoms with E-state index in [2.05, 4.69) is 4.57 Å². The van der Waals surface area contributed by atoms with E-state index in [0.29, 0.717) is 34.7 Å². The Hall–Kier alpha value is -3.79. The maximum atomic E-state index is 12.9. The van der Waals surface area contributed by atoms with Crippen molar-refractivity contribution in [2.24, 2.45) is 0 Å². The topological polar surface area (TPSA) is 57.9 Å². The van der Waals surface area contributed by atoms with Gasteiger partial charge in [-0.15, -0.1) is 0 Å². The van der Waals surface area contributed by atoms with Crippen molar-refractivity contribution in [1.82, 2.24) is 0 Å². The zero-order valence-corrected chi connectivity index (χ0v) is 23.0. The zero-order chi connectivity index (χ0) is 27.0. The minimum atomic E-state index is -4.44. The molecule has 0 atom stereocenters. The molecule has 10 heteroatoms.